The molecule has 1 aliphatic rings. The number of sulfonamides is 1. The normalized spacial score (nSPS) is 26.0. The molecule has 102 valence electrons. The molecule has 2 unspecified atom stereocenters. The quantitative estimate of drug-likeness (QED) is 0.576. The molecule has 3 nitrogen and oxygen atoms in total. The zero-order valence-corrected chi connectivity index (χ0v) is 12.2. The first kappa shape index (κ1) is 15.3. The zero-order chi connectivity index (χ0) is 12.7. The first-order valence-corrected chi connectivity index (χ1v) is 8.75. The van der Waals surface area contributed by atoms with E-state index in [-0.39, 0.29) is 5.75 Å². The molecule has 0 spiro atoms. The van der Waals surface area contributed by atoms with Crippen molar-refractivity contribution in [1.29, 1.82) is 0 Å². The van der Waals surface area contributed by atoms with E-state index in [4.69, 9.17) is 11.6 Å². The van der Waals surface area contributed by atoms with Crippen molar-refractivity contribution < 1.29 is 8.42 Å². The highest BCUT2D eigenvalue weighted by Crippen LogP contribution is 2.27. The molecule has 1 N–H and O–H groups in total. The fourth-order valence-corrected chi connectivity index (χ4v) is 3.86. The molecule has 17 heavy (non-hydrogen) atoms. The lowest BCUT2D eigenvalue weighted by Crippen LogP contribution is -2.33. The summed E-state index contributed by atoms with van der Waals surface area (Å²) in [5.74, 6) is 2.02. The van der Waals surface area contributed by atoms with Gasteiger partial charge in [-0.05, 0) is 37.5 Å². The van der Waals surface area contributed by atoms with Gasteiger partial charge in [-0.2, -0.15) is 0 Å². The summed E-state index contributed by atoms with van der Waals surface area (Å²) in [6.07, 6.45) is 6.26. The van der Waals surface area contributed by atoms with Gasteiger partial charge >= 0.3 is 0 Å². The molecular weight excluding hydrogens is 258 g/mol. The minimum Gasteiger partial charge on any atom is -0.215 e. The van der Waals surface area contributed by atoms with Crippen LogP contribution in [0.15, 0.2) is 0 Å². The average molecular weight is 282 g/mol. The van der Waals surface area contributed by atoms with Crippen molar-refractivity contribution in [3.63, 3.8) is 0 Å². The second kappa shape index (κ2) is 7.59. The molecule has 0 saturated heterocycles. The number of hydrogen-bond acceptors (Lipinski definition) is 2. The fraction of sp³-hybridized carbons (Fsp3) is 1.00. The van der Waals surface area contributed by atoms with Crippen LogP contribution >= 0.6 is 11.6 Å². The highest BCUT2D eigenvalue weighted by Gasteiger charge is 2.20. The lowest BCUT2D eigenvalue weighted by molar-refractivity contribution is 0.283. The third-order valence-electron chi connectivity index (χ3n) is 3.43. The predicted octanol–water partition coefficient (Wildman–Crippen LogP) is 2.75. The monoisotopic (exact) mass is 281 g/mol. The average Bonchev–Trinajstić information content (AvgIpc) is 2.27. The Morgan fingerprint density at radius 1 is 1.29 bits per heavy atom. The minimum absolute atomic E-state index is 0.210. The second-order valence-corrected chi connectivity index (χ2v) is 7.51. The van der Waals surface area contributed by atoms with E-state index in [1.165, 1.54) is 12.8 Å². The highest BCUT2D eigenvalue weighted by molar-refractivity contribution is 7.89. The topological polar surface area (TPSA) is 46.2 Å². The Labute approximate surface area is 110 Å². The molecule has 0 aromatic carbocycles. The van der Waals surface area contributed by atoms with Crippen molar-refractivity contribution in [3.8, 4) is 0 Å². The Balaban J connectivity index is 2.23. The Hall–Kier alpha value is 0.200. The summed E-state index contributed by atoms with van der Waals surface area (Å²) < 4.78 is 26.1. The van der Waals surface area contributed by atoms with Crippen LogP contribution in [0.25, 0.3) is 0 Å². The van der Waals surface area contributed by atoms with Crippen LogP contribution in [0.1, 0.15) is 45.4 Å². The van der Waals surface area contributed by atoms with Crippen molar-refractivity contribution in [2.24, 2.45) is 11.8 Å². The molecule has 0 aromatic rings. The maximum atomic E-state index is 11.7. The van der Waals surface area contributed by atoms with Crippen LogP contribution in [-0.2, 0) is 10.0 Å². The van der Waals surface area contributed by atoms with Crippen molar-refractivity contribution >= 4 is 21.6 Å². The van der Waals surface area contributed by atoms with Gasteiger partial charge in [-0.3, -0.25) is 0 Å². The van der Waals surface area contributed by atoms with Crippen molar-refractivity contribution in [1.82, 2.24) is 4.72 Å². The molecule has 2 atom stereocenters. The van der Waals surface area contributed by atoms with Gasteiger partial charge in [-0.15, -0.1) is 11.6 Å². The van der Waals surface area contributed by atoms with Gasteiger partial charge in [0.25, 0.3) is 0 Å². The summed E-state index contributed by atoms with van der Waals surface area (Å²) in [5.41, 5.74) is 0. The Morgan fingerprint density at radius 2 is 2.06 bits per heavy atom. The van der Waals surface area contributed by atoms with E-state index in [9.17, 15) is 8.42 Å². The van der Waals surface area contributed by atoms with E-state index < -0.39 is 10.0 Å². The van der Waals surface area contributed by atoms with E-state index in [0.717, 1.165) is 25.2 Å². The van der Waals surface area contributed by atoms with Crippen LogP contribution in [0.5, 0.6) is 0 Å². The standard InChI is InChI=1S/C12H24ClNO2S/c1-11-5-4-6-12(9-11)10-14-17(15,16)8-3-2-7-13/h11-12,14H,2-10H2,1H3. The molecule has 0 radical (unpaired) electrons. The van der Waals surface area contributed by atoms with Gasteiger partial charge in [0.1, 0.15) is 0 Å². The first-order valence-electron chi connectivity index (χ1n) is 6.57. The van der Waals surface area contributed by atoms with Gasteiger partial charge < -0.3 is 0 Å². The second-order valence-electron chi connectivity index (χ2n) is 5.20. The van der Waals surface area contributed by atoms with Crippen molar-refractivity contribution in [3.05, 3.63) is 0 Å². The van der Waals surface area contributed by atoms with Gasteiger partial charge in [-0.1, -0.05) is 19.8 Å². The van der Waals surface area contributed by atoms with Crippen LogP contribution in [0.3, 0.4) is 0 Å². The lowest BCUT2D eigenvalue weighted by Gasteiger charge is -2.26. The van der Waals surface area contributed by atoms with Gasteiger partial charge in [0.2, 0.25) is 10.0 Å². The smallest absolute Gasteiger partial charge is 0.211 e. The molecule has 1 saturated carbocycles. The van der Waals surface area contributed by atoms with E-state index >= 15 is 0 Å². The molecule has 1 aliphatic carbocycles. The van der Waals surface area contributed by atoms with Crippen LogP contribution in [-0.4, -0.2) is 26.6 Å². The number of halogens is 1. The maximum absolute atomic E-state index is 11.7. The van der Waals surface area contributed by atoms with Gasteiger partial charge in [-0.25, -0.2) is 13.1 Å². The van der Waals surface area contributed by atoms with E-state index in [1.807, 2.05) is 0 Å². The summed E-state index contributed by atoms with van der Waals surface area (Å²) in [6, 6.07) is 0. The van der Waals surface area contributed by atoms with E-state index in [2.05, 4.69) is 11.6 Å². The minimum atomic E-state index is -3.08. The predicted molar refractivity (Wildman–Crippen MR) is 72.9 cm³/mol. The van der Waals surface area contributed by atoms with Gasteiger partial charge in [0.05, 0.1) is 5.75 Å². The number of unbranched alkanes of at least 4 members (excludes halogenated alkanes) is 1. The summed E-state index contributed by atoms with van der Waals surface area (Å²) in [7, 11) is -3.08. The zero-order valence-electron chi connectivity index (χ0n) is 10.6. The Bertz CT molecular complexity index is 306. The van der Waals surface area contributed by atoms with Crippen LogP contribution in [0.2, 0.25) is 0 Å². The molecule has 0 aromatic heterocycles. The third-order valence-corrected chi connectivity index (χ3v) is 5.13. The van der Waals surface area contributed by atoms with E-state index in [1.54, 1.807) is 0 Å². The van der Waals surface area contributed by atoms with Crippen LogP contribution in [0, 0.1) is 11.8 Å². The highest BCUT2D eigenvalue weighted by atomic mass is 35.5. The van der Waals surface area contributed by atoms with Gasteiger partial charge in [0.15, 0.2) is 0 Å². The molecule has 0 aliphatic heterocycles. The Morgan fingerprint density at radius 3 is 2.71 bits per heavy atom. The molecule has 0 heterocycles. The molecular formula is C12H24ClNO2S. The molecule has 1 rings (SSSR count). The molecule has 0 bridgehead atoms. The Kier molecular flexibility index (Phi) is 6.82. The molecule has 0 amide bonds. The summed E-state index contributed by atoms with van der Waals surface area (Å²) in [6.45, 7) is 2.87. The lowest BCUT2D eigenvalue weighted by atomic mass is 9.83. The van der Waals surface area contributed by atoms with Crippen LogP contribution < -0.4 is 4.72 Å². The number of alkyl halides is 1. The van der Waals surface area contributed by atoms with Crippen LogP contribution in [0.4, 0.5) is 0 Å². The number of nitrogens with one attached hydrogen (secondary N) is 1. The molecule has 5 heteroatoms. The van der Waals surface area contributed by atoms with Gasteiger partial charge in [0, 0.05) is 12.4 Å². The summed E-state index contributed by atoms with van der Waals surface area (Å²) in [4.78, 5) is 0. The largest absolute Gasteiger partial charge is 0.215 e. The van der Waals surface area contributed by atoms with Crippen molar-refractivity contribution in [2.75, 3.05) is 18.2 Å². The third kappa shape index (κ3) is 6.63. The summed E-state index contributed by atoms with van der Waals surface area (Å²) in [5, 5.41) is 0. The maximum Gasteiger partial charge on any atom is 0.211 e. The molecule has 1 fully saturated rings. The SMILES string of the molecule is CC1CCCC(CNS(=O)(=O)CCCCCl)C1. The number of hydrogen-bond donors (Lipinski definition) is 1. The first-order chi connectivity index (χ1) is 8.03. The summed E-state index contributed by atoms with van der Waals surface area (Å²) >= 11 is 5.53. The number of rotatable bonds is 7. The van der Waals surface area contributed by atoms with Crippen molar-refractivity contribution in [2.45, 2.75) is 45.4 Å². The van der Waals surface area contributed by atoms with E-state index in [0.29, 0.717) is 24.8 Å². The fourth-order valence-electron chi connectivity index (χ4n) is 2.45.